The molecule has 0 aliphatic rings. The second-order valence-electron chi connectivity index (χ2n) is 8.56. The minimum Gasteiger partial charge on any atom is -0.493 e. The molecular formula is C25H31N7O6. The molecule has 13 nitrogen and oxygen atoms in total. The number of hydrogen-bond donors (Lipinski definition) is 2. The Morgan fingerprint density at radius 2 is 1.74 bits per heavy atom. The fourth-order valence-electron chi connectivity index (χ4n) is 4.12. The lowest BCUT2D eigenvalue weighted by Crippen LogP contribution is -2.40. The molecule has 38 heavy (non-hydrogen) atoms. The van der Waals surface area contributed by atoms with Gasteiger partial charge in [-0.15, -0.1) is 5.10 Å². The van der Waals surface area contributed by atoms with Gasteiger partial charge in [0.05, 0.1) is 14.2 Å². The van der Waals surface area contributed by atoms with E-state index in [1.807, 2.05) is 13.8 Å². The molecule has 3 aromatic heterocycles. The fourth-order valence-corrected chi connectivity index (χ4v) is 4.12. The molecule has 0 unspecified atom stereocenters. The zero-order valence-corrected chi connectivity index (χ0v) is 22.0. The van der Waals surface area contributed by atoms with Crippen LogP contribution in [0.15, 0.2) is 33.9 Å². The first-order chi connectivity index (χ1) is 18.3. The predicted molar refractivity (Wildman–Crippen MR) is 141 cm³/mol. The third-order valence-corrected chi connectivity index (χ3v) is 5.89. The number of anilines is 1. The summed E-state index contributed by atoms with van der Waals surface area (Å²) in [4.78, 5) is 46.0. The van der Waals surface area contributed by atoms with Crippen LogP contribution in [0.3, 0.4) is 0 Å². The zero-order chi connectivity index (χ0) is 27.4. The quantitative estimate of drug-likeness (QED) is 0.281. The number of nitrogens with zero attached hydrogens (tertiary/aromatic N) is 5. The van der Waals surface area contributed by atoms with Crippen molar-refractivity contribution < 1.29 is 19.0 Å². The molecular weight excluding hydrogens is 494 g/mol. The van der Waals surface area contributed by atoms with Crippen LogP contribution in [0.1, 0.15) is 26.7 Å². The van der Waals surface area contributed by atoms with Crippen LogP contribution >= 0.6 is 0 Å². The molecule has 0 saturated heterocycles. The van der Waals surface area contributed by atoms with Gasteiger partial charge in [0.25, 0.3) is 5.56 Å². The smallest absolute Gasteiger partial charge is 0.332 e. The van der Waals surface area contributed by atoms with E-state index in [0.29, 0.717) is 54.6 Å². The Hall–Kier alpha value is -4.55. The third kappa shape index (κ3) is 5.12. The summed E-state index contributed by atoms with van der Waals surface area (Å²) in [7, 11) is 4.73. The maximum Gasteiger partial charge on any atom is 0.332 e. The monoisotopic (exact) mass is 525 g/mol. The van der Waals surface area contributed by atoms with Gasteiger partial charge in [-0.2, -0.15) is 0 Å². The summed E-state index contributed by atoms with van der Waals surface area (Å²) < 4.78 is 20.1. The number of aryl methyl sites for hydroxylation is 2. The molecule has 202 valence electrons. The average Bonchev–Trinajstić information content (AvgIpc) is 3.51. The van der Waals surface area contributed by atoms with E-state index in [0.717, 1.165) is 0 Å². The summed E-state index contributed by atoms with van der Waals surface area (Å²) in [6.45, 7) is 4.47. The first-order valence-corrected chi connectivity index (χ1v) is 12.3. The van der Waals surface area contributed by atoms with E-state index < -0.39 is 11.5 Å². The minimum atomic E-state index is -0.562. The first kappa shape index (κ1) is 26.5. The van der Waals surface area contributed by atoms with E-state index in [-0.39, 0.29) is 29.3 Å². The Balaban J connectivity index is 1.56. The van der Waals surface area contributed by atoms with Crippen molar-refractivity contribution in [2.24, 2.45) is 7.05 Å². The van der Waals surface area contributed by atoms with Crippen LogP contribution in [0.2, 0.25) is 0 Å². The van der Waals surface area contributed by atoms with Gasteiger partial charge in [-0.1, -0.05) is 13.8 Å². The molecule has 0 fully saturated rings. The zero-order valence-electron chi connectivity index (χ0n) is 22.0. The van der Waals surface area contributed by atoms with Gasteiger partial charge in [0, 0.05) is 38.0 Å². The van der Waals surface area contributed by atoms with Crippen molar-refractivity contribution in [2.75, 3.05) is 26.1 Å². The van der Waals surface area contributed by atoms with Gasteiger partial charge in [0.15, 0.2) is 23.0 Å². The van der Waals surface area contributed by atoms with Gasteiger partial charge in [0.1, 0.15) is 17.8 Å². The van der Waals surface area contributed by atoms with Crippen LogP contribution in [0.25, 0.3) is 22.7 Å². The number of methoxy groups -OCH3 is 2. The fraction of sp³-hybridized carbons (Fsp3) is 0.400. The highest BCUT2D eigenvalue weighted by molar-refractivity contribution is 5.78. The Morgan fingerprint density at radius 3 is 2.42 bits per heavy atom. The number of carbonyl (C=O) groups excluding carboxylic acids is 1. The summed E-state index contributed by atoms with van der Waals surface area (Å²) in [5.74, 6) is 0.932. The maximum absolute atomic E-state index is 13.0. The Kier molecular flexibility index (Phi) is 7.84. The standard InChI is InChI=1S/C25H31N7O6/c1-6-10-31-23-21(24(34)32(11-7-2)25(31)35)27-22(28-23)16-13-19(29-30(16)3)38-20(33)14-26-15-8-9-17(36-4)18(12-15)37-5/h8-9,12-13,26H,6-7,10-11,14H2,1-5H3,(H,27,28). The minimum absolute atomic E-state index is 0.0661. The summed E-state index contributed by atoms with van der Waals surface area (Å²) in [6, 6.07) is 6.72. The molecule has 0 radical (unpaired) electrons. The molecule has 0 atom stereocenters. The first-order valence-electron chi connectivity index (χ1n) is 12.3. The molecule has 0 saturated carbocycles. The summed E-state index contributed by atoms with van der Waals surface area (Å²) >= 11 is 0. The largest absolute Gasteiger partial charge is 0.493 e. The van der Waals surface area contributed by atoms with Gasteiger partial charge in [-0.25, -0.2) is 14.6 Å². The average molecular weight is 526 g/mol. The highest BCUT2D eigenvalue weighted by Crippen LogP contribution is 2.29. The number of ether oxygens (including phenoxy) is 3. The van der Waals surface area contributed by atoms with E-state index in [9.17, 15) is 14.4 Å². The maximum atomic E-state index is 13.0. The van der Waals surface area contributed by atoms with Gasteiger partial charge in [-0.05, 0) is 25.0 Å². The summed E-state index contributed by atoms with van der Waals surface area (Å²) in [5.41, 5.74) is 0.839. The number of imidazole rings is 1. The van der Waals surface area contributed by atoms with E-state index in [1.54, 1.807) is 38.4 Å². The molecule has 13 heteroatoms. The van der Waals surface area contributed by atoms with Crippen molar-refractivity contribution in [2.45, 2.75) is 39.8 Å². The number of aromatic amines is 1. The Bertz CT molecular complexity index is 1580. The number of carbonyl (C=O) groups is 1. The summed E-state index contributed by atoms with van der Waals surface area (Å²) in [5, 5.41) is 7.22. The number of fused-ring (bicyclic) bond motifs is 1. The topological polar surface area (TPSA) is 147 Å². The number of H-pyrrole nitrogens is 1. The second-order valence-corrected chi connectivity index (χ2v) is 8.56. The number of hydrogen-bond acceptors (Lipinski definition) is 9. The van der Waals surface area contributed by atoms with Gasteiger partial charge < -0.3 is 24.5 Å². The Labute approximate surface area is 218 Å². The highest BCUT2D eigenvalue weighted by atomic mass is 16.5. The third-order valence-electron chi connectivity index (χ3n) is 5.89. The van der Waals surface area contributed by atoms with Crippen molar-refractivity contribution in [3.8, 4) is 28.9 Å². The van der Waals surface area contributed by atoms with E-state index in [2.05, 4.69) is 20.4 Å². The number of aromatic nitrogens is 6. The lowest BCUT2D eigenvalue weighted by atomic mass is 10.2. The van der Waals surface area contributed by atoms with Crippen molar-refractivity contribution in [3.05, 3.63) is 45.1 Å². The lowest BCUT2D eigenvalue weighted by molar-refractivity contribution is -0.132. The van der Waals surface area contributed by atoms with E-state index in [4.69, 9.17) is 14.2 Å². The van der Waals surface area contributed by atoms with Crippen molar-refractivity contribution in [1.29, 1.82) is 0 Å². The Morgan fingerprint density at radius 1 is 1.03 bits per heavy atom. The van der Waals surface area contributed by atoms with Crippen molar-refractivity contribution in [3.63, 3.8) is 0 Å². The molecule has 2 N–H and O–H groups in total. The lowest BCUT2D eigenvalue weighted by Gasteiger charge is -2.10. The molecule has 4 rings (SSSR count). The number of benzene rings is 1. The van der Waals surface area contributed by atoms with Gasteiger partial charge >= 0.3 is 11.7 Å². The van der Waals surface area contributed by atoms with Crippen molar-refractivity contribution >= 4 is 22.8 Å². The molecule has 1 aromatic carbocycles. The van der Waals surface area contributed by atoms with Gasteiger partial charge in [0.2, 0.25) is 5.88 Å². The molecule has 0 aliphatic heterocycles. The van der Waals surface area contributed by atoms with Crippen LogP contribution in [-0.4, -0.2) is 55.6 Å². The number of esters is 1. The van der Waals surface area contributed by atoms with Crippen molar-refractivity contribution in [1.82, 2.24) is 28.9 Å². The summed E-state index contributed by atoms with van der Waals surface area (Å²) in [6.07, 6.45) is 1.34. The van der Waals surface area contributed by atoms with Crippen LogP contribution in [0, 0.1) is 0 Å². The molecule has 0 spiro atoms. The highest BCUT2D eigenvalue weighted by Gasteiger charge is 2.20. The van der Waals surface area contributed by atoms with Gasteiger partial charge in [-0.3, -0.25) is 18.6 Å². The SMILES string of the molecule is CCCn1c(=O)c2[nH]c(-c3cc(OC(=O)CNc4ccc(OC)c(OC)c4)nn3C)nc2n(CCC)c1=O. The molecule has 4 aromatic rings. The van der Waals surface area contributed by atoms with Crippen LogP contribution in [0.4, 0.5) is 5.69 Å². The molecule has 0 amide bonds. The number of nitrogens with one attached hydrogen (secondary N) is 2. The van der Waals surface area contributed by atoms with Crippen LogP contribution in [0.5, 0.6) is 17.4 Å². The second kappa shape index (κ2) is 11.2. The predicted octanol–water partition coefficient (Wildman–Crippen LogP) is 2.14. The number of rotatable bonds is 11. The van der Waals surface area contributed by atoms with Crippen LogP contribution in [-0.2, 0) is 24.9 Å². The van der Waals surface area contributed by atoms with E-state index in [1.165, 1.54) is 20.9 Å². The molecule has 0 bridgehead atoms. The normalized spacial score (nSPS) is 11.1. The molecule has 3 heterocycles. The molecule has 0 aliphatic carbocycles. The van der Waals surface area contributed by atoms with Crippen LogP contribution < -0.4 is 30.8 Å². The van der Waals surface area contributed by atoms with E-state index >= 15 is 0 Å².